The lowest BCUT2D eigenvalue weighted by molar-refractivity contribution is -0.120. The number of benzene rings is 1. The Morgan fingerprint density at radius 2 is 2.12 bits per heavy atom. The number of nitrogens with one attached hydrogen (secondary N) is 1. The average molecular weight is 339 g/mol. The first-order valence-corrected chi connectivity index (χ1v) is 9.11. The second kappa shape index (κ2) is 6.39. The molecule has 1 N–H and O–H groups in total. The van der Waals surface area contributed by atoms with Gasteiger partial charge >= 0.3 is 0 Å². The van der Waals surface area contributed by atoms with Gasteiger partial charge in [0.1, 0.15) is 5.60 Å². The molecule has 2 aromatic rings. The van der Waals surface area contributed by atoms with E-state index in [1.165, 1.54) is 10.9 Å². The molecule has 132 valence electrons. The van der Waals surface area contributed by atoms with Gasteiger partial charge in [-0.15, -0.1) is 0 Å². The van der Waals surface area contributed by atoms with Crippen molar-refractivity contribution in [3.8, 4) is 0 Å². The quantitative estimate of drug-likeness (QED) is 0.935. The number of fused-ring (bicyclic) bond motifs is 1. The van der Waals surface area contributed by atoms with Crippen LogP contribution >= 0.6 is 0 Å². The number of aryl methyl sites for hydroxylation is 1. The number of aliphatic imine (C=N–C) groups is 1. The molecule has 2 aliphatic rings. The Balaban J connectivity index is 1.43. The molecular formula is C20H25N3O2. The molecule has 5 nitrogen and oxygen atoms in total. The van der Waals surface area contributed by atoms with Gasteiger partial charge in [-0.3, -0.25) is 4.79 Å². The van der Waals surface area contributed by atoms with E-state index >= 15 is 0 Å². The van der Waals surface area contributed by atoms with Crippen LogP contribution in [0, 0.1) is 0 Å². The van der Waals surface area contributed by atoms with Crippen LogP contribution in [0.4, 0.5) is 0 Å². The number of para-hydroxylation sites is 1. The van der Waals surface area contributed by atoms with Gasteiger partial charge in [-0.25, -0.2) is 4.99 Å². The first-order chi connectivity index (χ1) is 12.1. The number of aromatic amines is 1. The predicted octanol–water partition coefficient (Wildman–Crippen LogP) is 2.95. The van der Waals surface area contributed by atoms with E-state index < -0.39 is 0 Å². The first kappa shape index (κ1) is 16.5. The number of piperidine rings is 1. The zero-order chi connectivity index (χ0) is 17.4. The number of H-pyrrole nitrogens is 1. The van der Waals surface area contributed by atoms with Crippen molar-refractivity contribution in [3.05, 3.63) is 36.0 Å². The van der Waals surface area contributed by atoms with E-state index in [1.54, 1.807) is 0 Å². The summed E-state index contributed by atoms with van der Waals surface area (Å²) in [7, 11) is 2.12. The zero-order valence-electron chi connectivity index (χ0n) is 14.9. The molecule has 25 heavy (non-hydrogen) atoms. The van der Waals surface area contributed by atoms with Crippen molar-refractivity contribution in [1.29, 1.82) is 0 Å². The Labute approximate surface area is 148 Å². The summed E-state index contributed by atoms with van der Waals surface area (Å²) in [6.45, 7) is 3.99. The number of ether oxygens (including phenoxy) is 1. The van der Waals surface area contributed by atoms with Crippen LogP contribution in [0.5, 0.6) is 0 Å². The summed E-state index contributed by atoms with van der Waals surface area (Å²) in [5, 5.41) is 1.19. The van der Waals surface area contributed by atoms with Crippen molar-refractivity contribution in [3.63, 3.8) is 0 Å². The number of hydrogen-bond donors (Lipinski definition) is 1. The maximum absolute atomic E-state index is 12.4. The summed E-state index contributed by atoms with van der Waals surface area (Å²) in [5.41, 5.74) is 2.98. The molecule has 1 amide bonds. The Kier molecular flexibility index (Phi) is 4.21. The fourth-order valence-corrected chi connectivity index (χ4v) is 4.08. The standard InChI is InChI=1S/C20H25N3O2/c1-14-19(20(25-14)9-11-23(2)12-10-20)22-18(24)8-7-15-13-21-17-6-4-3-5-16(15)17/h3-6,13-14,21H,7-12H2,1-2H3/b22-19-. The Morgan fingerprint density at radius 3 is 2.88 bits per heavy atom. The van der Waals surface area contributed by atoms with Crippen LogP contribution < -0.4 is 0 Å². The molecule has 1 unspecified atom stereocenters. The number of aromatic nitrogens is 1. The second-order valence-corrected chi connectivity index (χ2v) is 7.31. The minimum atomic E-state index is -0.275. The molecule has 0 aliphatic carbocycles. The number of carbonyl (C=O) groups is 1. The van der Waals surface area contributed by atoms with Crippen LogP contribution in [0.3, 0.4) is 0 Å². The highest BCUT2D eigenvalue weighted by atomic mass is 16.5. The van der Waals surface area contributed by atoms with E-state index in [2.05, 4.69) is 34.1 Å². The molecule has 4 rings (SSSR count). The van der Waals surface area contributed by atoms with Gasteiger partial charge < -0.3 is 14.6 Å². The molecule has 5 heteroatoms. The highest BCUT2D eigenvalue weighted by molar-refractivity contribution is 6.06. The highest BCUT2D eigenvalue weighted by Crippen LogP contribution is 2.39. The van der Waals surface area contributed by atoms with Gasteiger partial charge in [-0.2, -0.15) is 0 Å². The smallest absolute Gasteiger partial charge is 0.246 e. The monoisotopic (exact) mass is 339 g/mol. The molecule has 0 bridgehead atoms. The Hall–Kier alpha value is -1.98. The van der Waals surface area contributed by atoms with E-state index in [0.717, 1.165) is 37.2 Å². The van der Waals surface area contributed by atoms with Crippen molar-refractivity contribution in [1.82, 2.24) is 9.88 Å². The Morgan fingerprint density at radius 1 is 1.36 bits per heavy atom. The van der Waals surface area contributed by atoms with Crippen molar-refractivity contribution >= 4 is 22.5 Å². The summed E-state index contributed by atoms with van der Waals surface area (Å²) in [6, 6.07) is 8.18. The van der Waals surface area contributed by atoms with Gasteiger partial charge in [0, 0.05) is 36.6 Å². The fraction of sp³-hybridized carbons (Fsp3) is 0.500. The van der Waals surface area contributed by atoms with Crippen LogP contribution in [-0.4, -0.2) is 53.3 Å². The Bertz CT molecular complexity index is 815. The predicted molar refractivity (Wildman–Crippen MR) is 99.1 cm³/mol. The van der Waals surface area contributed by atoms with Crippen molar-refractivity contribution in [2.24, 2.45) is 4.99 Å². The third kappa shape index (κ3) is 3.02. The van der Waals surface area contributed by atoms with Gasteiger partial charge in [0.05, 0.1) is 11.8 Å². The van der Waals surface area contributed by atoms with Crippen molar-refractivity contribution < 1.29 is 9.53 Å². The fourth-order valence-electron chi connectivity index (χ4n) is 4.08. The SMILES string of the molecule is CC1OC2(CCN(C)CC2)/C1=N\C(=O)CCc1c[nH]c2ccccc12. The molecule has 1 spiro atoms. The molecule has 1 aromatic heterocycles. The number of amides is 1. The lowest BCUT2D eigenvalue weighted by atomic mass is 9.79. The van der Waals surface area contributed by atoms with Crippen molar-refractivity contribution in [2.45, 2.75) is 44.3 Å². The van der Waals surface area contributed by atoms with Gasteiger partial charge in [-0.05, 0) is 44.9 Å². The largest absolute Gasteiger partial charge is 0.361 e. The number of carbonyl (C=O) groups excluding carboxylic acids is 1. The molecular weight excluding hydrogens is 314 g/mol. The topological polar surface area (TPSA) is 57.7 Å². The lowest BCUT2D eigenvalue weighted by Gasteiger charge is -2.51. The summed E-state index contributed by atoms with van der Waals surface area (Å²) in [4.78, 5) is 22.5. The number of nitrogens with zero attached hydrogens (tertiary/aromatic N) is 2. The van der Waals surface area contributed by atoms with E-state index in [4.69, 9.17) is 4.74 Å². The number of likely N-dealkylation sites (tertiary alicyclic amines) is 1. The third-order valence-electron chi connectivity index (χ3n) is 5.58. The zero-order valence-corrected chi connectivity index (χ0v) is 14.9. The minimum absolute atomic E-state index is 0.0274. The summed E-state index contributed by atoms with van der Waals surface area (Å²) in [6.07, 6.45) is 4.99. The number of hydrogen-bond acceptors (Lipinski definition) is 3. The van der Waals surface area contributed by atoms with E-state index in [0.29, 0.717) is 12.8 Å². The summed E-state index contributed by atoms with van der Waals surface area (Å²) in [5.74, 6) is -0.0336. The van der Waals surface area contributed by atoms with Crippen LogP contribution in [0.25, 0.3) is 10.9 Å². The third-order valence-corrected chi connectivity index (χ3v) is 5.58. The van der Waals surface area contributed by atoms with E-state index in [-0.39, 0.29) is 17.6 Å². The normalized spacial score (nSPS) is 24.7. The molecule has 2 aliphatic heterocycles. The van der Waals surface area contributed by atoms with Crippen LogP contribution in [-0.2, 0) is 16.0 Å². The van der Waals surface area contributed by atoms with Crippen LogP contribution in [0.2, 0.25) is 0 Å². The number of rotatable bonds is 3. The molecule has 2 fully saturated rings. The highest BCUT2D eigenvalue weighted by Gasteiger charge is 2.51. The van der Waals surface area contributed by atoms with E-state index in [1.807, 2.05) is 25.3 Å². The molecule has 0 radical (unpaired) electrons. The van der Waals surface area contributed by atoms with Crippen LogP contribution in [0.1, 0.15) is 31.7 Å². The van der Waals surface area contributed by atoms with Gasteiger partial charge in [0.25, 0.3) is 0 Å². The van der Waals surface area contributed by atoms with Gasteiger partial charge in [-0.1, -0.05) is 18.2 Å². The van der Waals surface area contributed by atoms with Crippen molar-refractivity contribution in [2.75, 3.05) is 20.1 Å². The molecule has 1 aromatic carbocycles. The molecule has 1 atom stereocenters. The first-order valence-electron chi connectivity index (χ1n) is 9.11. The molecule has 3 heterocycles. The van der Waals surface area contributed by atoms with Gasteiger partial charge in [0.2, 0.25) is 5.91 Å². The average Bonchev–Trinajstić information content (AvgIpc) is 3.03. The van der Waals surface area contributed by atoms with Gasteiger partial charge in [0.15, 0.2) is 0 Å². The summed E-state index contributed by atoms with van der Waals surface area (Å²) >= 11 is 0. The maximum Gasteiger partial charge on any atom is 0.246 e. The van der Waals surface area contributed by atoms with E-state index in [9.17, 15) is 4.79 Å². The second-order valence-electron chi connectivity index (χ2n) is 7.31. The molecule has 0 saturated carbocycles. The maximum atomic E-state index is 12.4. The lowest BCUT2D eigenvalue weighted by Crippen LogP contribution is -2.64. The molecule has 2 saturated heterocycles. The summed E-state index contributed by atoms with van der Waals surface area (Å²) < 4.78 is 6.02. The minimum Gasteiger partial charge on any atom is -0.361 e. The van der Waals surface area contributed by atoms with Crippen LogP contribution in [0.15, 0.2) is 35.5 Å².